The molecule has 3 rings (SSSR count). The molecule has 0 saturated carbocycles. The van der Waals surface area contributed by atoms with Crippen molar-refractivity contribution in [3.05, 3.63) is 52.0 Å². The van der Waals surface area contributed by atoms with Gasteiger partial charge in [-0.05, 0) is 13.0 Å². The van der Waals surface area contributed by atoms with Gasteiger partial charge < -0.3 is 15.4 Å². The van der Waals surface area contributed by atoms with E-state index in [4.69, 9.17) is 4.74 Å². The second kappa shape index (κ2) is 9.39. The third-order valence-corrected chi connectivity index (χ3v) is 5.68. The van der Waals surface area contributed by atoms with Crippen molar-refractivity contribution >= 4 is 40.0 Å². The van der Waals surface area contributed by atoms with Crippen molar-refractivity contribution in [1.82, 2.24) is 10.3 Å². The van der Waals surface area contributed by atoms with E-state index in [0.717, 1.165) is 17.3 Å². The molecule has 2 aromatic rings. The van der Waals surface area contributed by atoms with Crippen LogP contribution in [0.25, 0.3) is 0 Å². The topological polar surface area (TPSA) is 104 Å². The Morgan fingerprint density at radius 2 is 2.32 bits per heavy atom. The molecule has 0 unspecified atom stereocenters. The average molecular weight is 415 g/mol. The number of nitrogens with one attached hydrogen (secondary N) is 2. The lowest BCUT2D eigenvalue weighted by atomic mass is 9.86. The number of nitrogens with zero attached hydrogens (tertiary/aromatic N) is 2. The number of hydrogen-bond acceptors (Lipinski definition) is 7. The zero-order chi connectivity index (χ0) is 19.9. The molecular weight excluding hydrogens is 396 g/mol. The largest absolute Gasteiger partial charge is 0.494 e. The van der Waals surface area contributed by atoms with Gasteiger partial charge in [0, 0.05) is 29.5 Å². The van der Waals surface area contributed by atoms with Gasteiger partial charge in [0.2, 0.25) is 11.8 Å². The summed E-state index contributed by atoms with van der Waals surface area (Å²) in [5.41, 5.74) is 1.22. The molecule has 2 heterocycles. The molecule has 0 spiro atoms. The highest BCUT2D eigenvalue weighted by molar-refractivity contribution is 8.03. The molecule has 0 aliphatic carbocycles. The number of benzene rings is 1. The SMILES string of the molecule is CCOc1ccccc1[C@H]1CC(=O)NC(SCC(=O)Nc2nccs2)=C1C#N. The molecule has 2 N–H and O–H groups in total. The molecule has 1 aliphatic rings. The highest BCUT2D eigenvalue weighted by Crippen LogP contribution is 2.39. The Balaban J connectivity index is 1.81. The van der Waals surface area contributed by atoms with Crippen LogP contribution < -0.4 is 15.4 Å². The normalized spacial score (nSPS) is 16.3. The van der Waals surface area contributed by atoms with Gasteiger partial charge in [-0.25, -0.2) is 4.98 Å². The summed E-state index contributed by atoms with van der Waals surface area (Å²) in [6, 6.07) is 9.61. The van der Waals surface area contributed by atoms with Crippen LogP contribution in [-0.2, 0) is 9.59 Å². The summed E-state index contributed by atoms with van der Waals surface area (Å²) < 4.78 is 5.67. The fraction of sp³-hybridized carbons (Fsp3) is 0.263. The number of para-hydroxylation sites is 1. The first-order valence-electron chi connectivity index (χ1n) is 8.60. The first-order valence-corrected chi connectivity index (χ1v) is 10.5. The van der Waals surface area contributed by atoms with E-state index < -0.39 is 5.92 Å². The Morgan fingerprint density at radius 1 is 1.50 bits per heavy atom. The second-order valence-electron chi connectivity index (χ2n) is 5.80. The summed E-state index contributed by atoms with van der Waals surface area (Å²) >= 11 is 2.45. The standard InChI is InChI=1S/C19H18N4O3S2/c1-2-26-15-6-4-3-5-12(15)13-9-16(24)22-18(14(13)10-20)28-11-17(25)23-19-21-7-8-27-19/h3-8,13H,2,9,11H2,1H3,(H,22,24)(H,21,23,25)/t13-/m1/s1. The van der Waals surface area contributed by atoms with Crippen LogP contribution in [0.1, 0.15) is 24.8 Å². The van der Waals surface area contributed by atoms with Crippen molar-refractivity contribution < 1.29 is 14.3 Å². The first-order chi connectivity index (χ1) is 13.6. The number of aromatic nitrogens is 1. The first kappa shape index (κ1) is 19.9. The molecule has 7 nitrogen and oxygen atoms in total. The number of hydrogen-bond donors (Lipinski definition) is 2. The number of amides is 2. The maximum atomic E-state index is 12.3. The van der Waals surface area contributed by atoms with E-state index in [9.17, 15) is 14.9 Å². The van der Waals surface area contributed by atoms with Crippen LogP contribution >= 0.6 is 23.1 Å². The van der Waals surface area contributed by atoms with Gasteiger partial charge in [-0.2, -0.15) is 5.26 Å². The summed E-state index contributed by atoms with van der Waals surface area (Å²) in [4.78, 5) is 28.4. The molecule has 0 fully saturated rings. The van der Waals surface area contributed by atoms with Gasteiger partial charge in [-0.3, -0.25) is 9.59 Å². The number of thioether (sulfide) groups is 1. The molecule has 28 heavy (non-hydrogen) atoms. The molecule has 1 aliphatic heterocycles. The summed E-state index contributed by atoms with van der Waals surface area (Å²) in [5, 5.41) is 17.8. The molecule has 2 amide bonds. The number of rotatable bonds is 7. The molecular formula is C19H18N4O3S2. The van der Waals surface area contributed by atoms with Crippen LogP contribution in [0.2, 0.25) is 0 Å². The van der Waals surface area contributed by atoms with Gasteiger partial charge in [0.05, 0.1) is 29.0 Å². The zero-order valence-corrected chi connectivity index (χ0v) is 16.7. The minimum absolute atomic E-state index is 0.0558. The summed E-state index contributed by atoms with van der Waals surface area (Å²) in [6.45, 7) is 2.37. The van der Waals surface area contributed by atoms with E-state index in [1.54, 1.807) is 11.6 Å². The fourth-order valence-electron chi connectivity index (χ4n) is 2.83. The van der Waals surface area contributed by atoms with E-state index in [0.29, 0.717) is 28.1 Å². The number of thiazole rings is 1. The molecule has 1 atom stereocenters. The van der Waals surface area contributed by atoms with E-state index >= 15 is 0 Å². The summed E-state index contributed by atoms with van der Waals surface area (Å²) in [7, 11) is 0. The van der Waals surface area contributed by atoms with Crippen LogP contribution in [0.5, 0.6) is 5.75 Å². The van der Waals surface area contributed by atoms with Gasteiger partial charge in [0.15, 0.2) is 5.13 Å². The third kappa shape index (κ3) is 4.71. The predicted octanol–water partition coefficient (Wildman–Crippen LogP) is 3.25. The summed E-state index contributed by atoms with van der Waals surface area (Å²) in [6.07, 6.45) is 1.76. The number of nitriles is 1. The predicted molar refractivity (Wildman–Crippen MR) is 109 cm³/mol. The van der Waals surface area contributed by atoms with Crippen molar-refractivity contribution in [2.75, 3.05) is 17.7 Å². The third-order valence-electron chi connectivity index (χ3n) is 3.98. The molecule has 144 valence electrons. The minimum atomic E-state index is -0.411. The van der Waals surface area contributed by atoms with Crippen LogP contribution in [0.4, 0.5) is 5.13 Å². The van der Waals surface area contributed by atoms with E-state index in [1.807, 2.05) is 31.2 Å². The number of carbonyl (C=O) groups is 2. The Bertz CT molecular complexity index is 935. The van der Waals surface area contributed by atoms with Crippen molar-refractivity contribution in [3.8, 4) is 11.8 Å². The maximum Gasteiger partial charge on any atom is 0.236 e. The van der Waals surface area contributed by atoms with Crippen LogP contribution in [0.3, 0.4) is 0 Å². The van der Waals surface area contributed by atoms with E-state index in [1.165, 1.54) is 11.3 Å². The fourth-order valence-corrected chi connectivity index (χ4v) is 4.25. The average Bonchev–Trinajstić information content (AvgIpc) is 3.19. The lowest BCUT2D eigenvalue weighted by Gasteiger charge is -2.26. The van der Waals surface area contributed by atoms with Crippen molar-refractivity contribution in [1.29, 1.82) is 5.26 Å². The van der Waals surface area contributed by atoms with Gasteiger partial charge in [0.25, 0.3) is 0 Å². The van der Waals surface area contributed by atoms with Crippen LogP contribution in [-0.4, -0.2) is 29.2 Å². The zero-order valence-electron chi connectivity index (χ0n) is 15.1. The molecule has 9 heteroatoms. The second-order valence-corrected chi connectivity index (χ2v) is 7.68. The van der Waals surface area contributed by atoms with E-state index in [-0.39, 0.29) is 24.0 Å². The van der Waals surface area contributed by atoms with Gasteiger partial charge in [-0.1, -0.05) is 30.0 Å². The van der Waals surface area contributed by atoms with Gasteiger partial charge in [-0.15, -0.1) is 11.3 Å². The highest BCUT2D eigenvalue weighted by Gasteiger charge is 2.31. The Labute approximate surface area is 170 Å². The van der Waals surface area contributed by atoms with Gasteiger partial charge in [0.1, 0.15) is 5.75 Å². The number of anilines is 1. The monoisotopic (exact) mass is 414 g/mol. The van der Waals surface area contributed by atoms with E-state index in [2.05, 4.69) is 21.7 Å². The Morgan fingerprint density at radius 3 is 3.04 bits per heavy atom. The van der Waals surface area contributed by atoms with Crippen molar-refractivity contribution in [3.63, 3.8) is 0 Å². The Hall–Kier alpha value is -2.83. The lowest BCUT2D eigenvalue weighted by molar-refractivity contribution is -0.121. The molecule has 0 radical (unpaired) electrons. The lowest BCUT2D eigenvalue weighted by Crippen LogP contribution is -2.31. The van der Waals surface area contributed by atoms with Crippen molar-refractivity contribution in [2.24, 2.45) is 0 Å². The van der Waals surface area contributed by atoms with Crippen molar-refractivity contribution in [2.45, 2.75) is 19.3 Å². The number of allylic oxidation sites excluding steroid dienone is 1. The number of carbonyl (C=O) groups excluding carboxylic acids is 2. The smallest absolute Gasteiger partial charge is 0.236 e. The molecule has 0 saturated heterocycles. The molecule has 0 bridgehead atoms. The summed E-state index contributed by atoms with van der Waals surface area (Å²) in [5.74, 6) is -0.150. The maximum absolute atomic E-state index is 12.3. The quantitative estimate of drug-likeness (QED) is 0.721. The highest BCUT2D eigenvalue weighted by atomic mass is 32.2. The number of ether oxygens (including phenoxy) is 1. The van der Waals surface area contributed by atoms with Gasteiger partial charge >= 0.3 is 0 Å². The Kier molecular flexibility index (Phi) is 6.68. The van der Waals surface area contributed by atoms with Crippen LogP contribution in [0.15, 0.2) is 46.4 Å². The minimum Gasteiger partial charge on any atom is -0.494 e. The van der Waals surface area contributed by atoms with Crippen LogP contribution in [0, 0.1) is 11.3 Å². The molecule has 1 aromatic heterocycles. The molecule has 1 aromatic carbocycles.